The number of aromatic amines is 1. The van der Waals surface area contributed by atoms with Crippen LogP contribution in [0, 0.1) is 0 Å². The molecule has 0 aliphatic rings. The summed E-state index contributed by atoms with van der Waals surface area (Å²) < 4.78 is 4.50. The van der Waals surface area contributed by atoms with Gasteiger partial charge in [0.05, 0.1) is 17.1 Å². The van der Waals surface area contributed by atoms with Gasteiger partial charge in [-0.3, -0.25) is 14.3 Å². The van der Waals surface area contributed by atoms with Crippen LogP contribution in [-0.4, -0.2) is 21.0 Å². The SMILES string of the molecule is O=C(Cc1csc(-c2ccccc2Cl)n1)Nc1cccc(-c2noc(=O)[nH]2)c1. The molecule has 1 amide bonds. The molecule has 2 aromatic heterocycles. The number of carbonyl (C=O) groups is 1. The second kappa shape index (κ2) is 7.79. The van der Waals surface area contributed by atoms with Crippen LogP contribution in [0.15, 0.2) is 63.2 Å². The average molecular weight is 413 g/mol. The van der Waals surface area contributed by atoms with Crippen molar-refractivity contribution in [2.75, 3.05) is 5.32 Å². The van der Waals surface area contributed by atoms with Crippen LogP contribution in [0.5, 0.6) is 0 Å². The van der Waals surface area contributed by atoms with Crippen LogP contribution in [0.1, 0.15) is 5.69 Å². The maximum atomic E-state index is 12.4. The maximum absolute atomic E-state index is 12.4. The van der Waals surface area contributed by atoms with Crippen molar-refractivity contribution in [2.45, 2.75) is 6.42 Å². The van der Waals surface area contributed by atoms with E-state index in [0.29, 0.717) is 27.8 Å². The number of nitrogens with zero attached hydrogens (tertiary/aromatic N) is 2. The number of halogens is 1. The molecular weight excluding hydrogens is 400 g/mol. The van der Waals surface area contributed by atoms with Crippen molar-refractivity contribution in [1.29, 1.82) is 0 Å². The van der Waals surface area contributed by atoms with Gasteiger partial charge in [0.15, 0.2) is 5.82 Å². The third kappa shape index (κ3) is 4.03. The van der Waals surface area contributed by atoms with E-state index < -0.39 is 5.76 Å². The molecule has 0 atom stereocenters. The van der Waals surface area contributed by atoms with E-state index in [4.69, 9.17) is 11.6 Å². The quantitative estimate of drug-likeness (QED) is 0.516. The van der Waals surface area contributed by atoms with Gasteiger partial charge in [0, 0.05) is 22.2 Å². The van der Waals surface area contributed by atoms with Crippen molar-refractivity contribution < 1.29 is 9.32 Å². The summed E-state index contributed by atoms with van der Waals surface area (Å²) in [6, 6.07) is 14.4. The number of rotatable bonds is 5. The Morgan fingerprint density at radius 2 is 2.07 bits per heavy atom. The zero-order valence-corrected chi connectivity index (χ0v) is 15.9. The normalized spacial score (nSPS) is 10.8. The fourth-order valence-electron chi connectivity index (χ4n) is 2.61. The first kappa shape index (κ1) is 18.1. The molecule has 28 heavy (non-hydrogen) atoms. The summed E-state index contributed by atoms with van der Waals surface area (Å²) in [6.45, 7) is 0. The number of hydrogen-bond donors (Lipinski definition) is 2. The summed E-state index contributed by atoms with van der Waals surface area (Å²) in [5.41, 5.74) is 2.70. The first-order valence-electron chi connectivity index (χ1n) is 8.24. The second-order valence-corrected chi connectivity index (χ2v) is 7.14. The van der Waals surface area contributed by atoms with Crippen molar-refractivity contribution in [3.8, 4) is 22.0 Å². The smallest absolute Gasteiger partial charge is 0.326 e. The van der Waals surface area contributed by atoms with Crippen LogP contribution in [0.3, 0.4) is 0 Å². The van der Waals surface area contributed by atoms with E-state index in [1.807, 2.05) is 23.6 Å². The molecule has 4 aromatic rings. The Labute approximate surface area is 168 Å². The number of nitrogens with one attached hydrogen (secondary N) is 2. The van der Waals surface area contributed by atoms with E-state index in [9.17, 15) is 9.59 Å². The highest BCUT2D eigenvalue weighted by atomic mass is 35.5. The summed E-state index contributed by atoms with van der Waals surface area (Å²) in [7, 11) is 0. The summed E-state index contributed by atoms with van der Waals surface area (Å²) in [5.74, 6) is -0.547. The van der Waals surface area contributed by atoms with Crippen molar-refractivity contribution in [3.05, 3.63) is 75.2 Å². The van der Waals surface area contributed by atoms with E-state index in [2.05, 4.69) is 25.0 Å². The van der Waals surface area contributed by atoms with Crippen LogP contribution >= 0.6 is 22.9 Å². The van der Waals surface area contributed by atoms with Crippen LogP contribution < -0.4 is 11.1 Å². The summed E-state index contributed by atoms with van der Waals surface area (Å²) in [6.07, 6.45) is 0.131. The number of thiazole rings is 1. The molecule has 9 heteroatoms. The number of anilines is 1. The number of carbonyl (C=O) groups excluding carboxylic acids is 1. The zero-order chi connectivity index (χ0) is 19.5. The predicted molar refractivity (Wildman–Crippen MR) is 107 cm³/mol. The van der Waals surface area contributed by atoms with Crippen molar-refractivity contribution in [2.24, 2.45) is 0 Å². The third-order valence-electron chi connectivity index (χ3n) is 3.86. The summed E-state index contributed by atoms with van der Waals surface area (Å²) in [4.78, 5) is 30.4. The van der Waals surface area contributed by atoms with Gasteiger partial charge in [-0.2, -0.15) is 0 Å². The molecule has 140 valence electrons. The van der Waals surface area contributed by atoms with Gasteiger partial charge in [0.2, 0.25) is 5.91 Å². The number of hydrogen-bond acceptors (Lipinski definition) is 6. The molecule has 0 aliphatic heterocycles. The van der Waals surface area contributed by atoms with Crippen molar-refractivity contribution in [3.63, 3.8) is 0 Å². The van der Waals surface area contributed by atoms with Crippen LogP contribution in [-0.2, 0) is 11.2 Å². The van der Waals surface area contributed by atoms with Gasteiger partial charge in [0.1, 0.15) is 5.01 Å². The monoisotopic (exact) mass is 412 g/mol. The van der Waals surface area contributed by atoms with Crippen LogP contribution in [0.2, 0.25) is 5.02 Å². The molecule has 0 bridgehead atoms. The largest absolute Gasteiger partial charge is 0.439 e. The molecule has 7 nitrogen and oxygen atoms in total. The van der Waals surface area contributed by atoms with Gasteiger partial charge in [-0.1, -0.05) is 47.1 Å². The van der Waals surface area contributed by atoms with E-state index in [0.717, 1.165) is 10.6 Å². The molecule has 0 radical (unpaired) electrons. The fourth-order valence-corrected chi connectivity index (χ4v) is 3.75. The van der Waals surface area contributed by atoms with Gasteiger partial charge < -0.3 is 5.32 Å². The lowest BCUT2D eigenvalue weighted by molar-refractivity contribution is -0.115. The number of benzene rings is 2. The minimum atomic E-state index is -0.637. The van der Waals surface area contributed by atoms with E-state index in [1.165, 1.54) is 11.3 Å². The maximum Gasteiger partial charge on any atom is 0.439 e. The Kier molecular flexibility index (Phi) is 5.05. The molecule has 0 saturated carbocycles. The Balaban J connectivity index is 1.45. The van der Waals surface area contributed by atoms with E-state index in [-0.39, 0.29) is 12.3 Å². The topological polar surface area (TPSA) is 101 Å². The highest BCUT2D eigenvalue weighted by Gasteiger charge is 2.12. The minimum absolute atomic E-state index is 0.131. The highest BCUT2D eigenvalue weighted by Crippen LogP contribution is 2.30. The Bertz CT molecular complexity index is 1200. The van der Waals surface area contributed by atoms with Crippen molar-refractivity contribution in [1.82, 2.24) is 15.1 Å². The van der Waals surface area contributed by atoms with Crippen LogP contribution in [0.4, 0.5) is 5.69 Å². The van der Waals surface area contributed by atoms with E-state index >= 15 is 0 Å². The minimum Gasteiger partial charge on any atom is -0.326 e. The van der Waals surface area contributed by atoms with Gasteiger partial charge in [-0.05, 0) is 18.2 Å². The molecule has 0 saturated heterocycles. The first-order chi connectivity index (χ1) is 13.6. The van der Waals surface area contributed by atoms with Crippen molar-refractivity contribution >= 4 is 34.5 Å². The van der Waals surface area contributed by atoms with Gasteiger partial charge in [0.25, 0.3) is 0 Å². The second-order valence-electron chi connectivity index (χ2n) is 5.87. The molecular formula is C19H13ClN4O3S. The van der Waals surface area contributed by atoms with E-state index in [1.54, 1.807) is 30.3 Å². The molecule has 2 N–H and O–H groups in total. The number of H-pyrrole nitrogens is 1. The molecule has 2 aromatic carbocycles. The Morgan fingerprint density at radius 1 is 1.21 bits per heavy atom. The number of aromatic nitrogens is 3. The van der Waals surface area contributed by atoms with Crippen LogP contribution in [0.25, 0.3) is 22.0 Å². The highest BCUT2D eigenvalue weighted by molar-refractivity contribution is 7.13. The molecule has 2 heterocycles. The molecule has 0 aliphatic carbocycles. The number of amides is 1. The lowest BCUT2D eigenvalue weighted by Crippen LogP contribution is -2.14. The molecule has 0 spiro atoms. The first-order valence-corrected chi connectivity index (χ1v) is 9.50. The Hall–Kier alpha value is -3.23. The van der Waals surface area contributed by atoms with Gasteiger partial charge in [-0.25, -0.2) is 9.78 Å². The lowest BCUT2D eigenvalue weighted by Gasteiger charge is -2.05. The molecule has 0 fully saturated rings. The summed E-state index contributed by atoms with van der Waals surface area (Å²) in [5, 5.41) is 9.69. The van der Waals surface area contributed by atoms with Gasteiger partial charge >= 0.3 is 5.76 Å². The standard InChI is InChI=1S/C19H13ClN4O3S/c20-15-7-2-1-6-14(15)18-22-13(10-28-18)9-16(25)21-12-5-3-4-11(8-12)17-23-19(26)27-24-17/h1-8,10H,9H2,(H,21,25)(H,23,24,26). The average Bonchev–Trinajstić information content (AvgIpc) is 3.31. The molecule has 0 unspecified atom stereocenters. The summed E-state index contributed by atoms with van der Waals surface area (Å²) >= 11 is 7.64. The molecule has 4 rings (SSSR count). The zero-order valence-electron chi connectivity index (χ0n) is 14.3. The van der Waals surface area contributed by atoms with Gasteiger partial charge in [-0.15, -0.1) is 11.3 Å². The predicted octanol–water partition coefficient (Wildman–Crippen LogP) is 3.99. The Morgan fingerprint density at radius 3 is 2.86 bits per heavy atom. The lowest BCUT2D eigenvalue weighted by atomic mass is 10.2. The fraction of sp³-hybridized carbons (Fsp3) is 0.0526. The third-order valence-corrected chi connectivity index (χ3v) is 5.11.